The lowest BCUT2D eigenvalue weighted by atomic mass is 10.0. The van der Waals surface area contributed by atoms with E-state index >= 15 is 0 Å². The van der Waals surface area contributed by atoms with Crippen molar-refractivity contribution in [2.24, 2.45) is 0 Å². The lowest BCUT2D eigenvalue weighted by Crippen LogP contribution is -2.46. The van der Waals surface area contributed by atoms with Crippen molar-refractivity contribution >= 4 is 10.8 Å². The Kier molecular flexibility index (Phi) is 4.29. The van der Waals surface area contributed by atoms with Gasteiger partial charge in [-0.25, -0.2) is 4.98 Å². The minimum atomic E-state index is -0.694. The quantitative estimate of drug-likeness (QED) is 0.768. The van der Waals surface area contributed by atoms with E-state index in [1.165, 1.54) is 5.39 Å². The van der Waals surface area contributed by atoms with Crippen LogP contribution >= 0.6 is 0 Å². The number of piperidine rings is 1. The van der Waals surface area contributed by atoms with E-state index in [1.54, 1.807) is 0 Å². The molecule has 0 aliphatic carbocycles. The first-order valence-electron chi connectivity index (χ1n) is 8.64. The molecule has 0 unspecified atom stereocenters. The van der Waals surface area contributed by atoms with Crippen molar-refractivity contribution in [1.82, 2.24) is 9.88 Å². The highest BCUT2D eigenvalue weighted by molar-refractivity contribution is 5.86. The van der Waals surface area contributed by atoms with E-state index in [1.807, 2.05) is 25.1 Å². The third-order valence-corrected chi connectivity index (χ3v) is 4.89. The van der Waals surface area contributed by atoms with E-state index in [-0.39, 0.29) is 0 Å². The maximum Gasteiger partial charge on any atom is 0.226 e. The van der Waals surface area contributed by atoms with Crippen molar-refractivity contribution in [3.63, 3.8) is 0 Å². The molecular formula is C20H22N2O3. The Morgan fingerprint density at radius 2 is 1.92 bits per heavy atom. The van der Waals surface area contributed by atoms with Gasteiger partial charge in [-0.2, -0.15) is 0 Å². The second-order valence-electron chi connectivity index (χ2n) is 6.74. The molecule has 5 heteroatoms. The van der Waals surface area contributed by atoms with Gasteiger partial charge >= 0.3 is 0 Å². The number of aromatic nitrogens is 1. The molecule has 0 spiro atoms. The number of β-amino-alcohol motifs (C(OH)–C–C–N with tert-alkyl or cyclic N) is 1. The molecule has 4 rings (SSSR count). The van der Waals surface area contributed by atoms with Crippen LogP contribution in [0.25, 0.3) is 22.2 Å². The first kappa shape index (κ1) is 16.3. The molecule has 1 saturated heterocycles. The van der Waals surface area contributed by atoms with Gasteiger partial charge in [-0.3, -0.25) is 4.90 Å². The Bertz CT molecular complexity index is 890. The van der Waals surface area contributed by atoms with Crippen LogP contribution < -0.4 is 0 Å². The number of likely N-dealkylation sites (tertiary alicyclic amines) is 1. The number of oxazole rings is 1. The molecule has 2 aromatic carbocycles. The second-order valence-corrected chi connectivity index (χ2v) is 6.74. The van der Waals surface area contributed by atoms with Crippen molar-refractivity contribution in [3.05, 3.63) is 53.9 Å². The highest BCUT2D eigenvalue weighted by atomic mass is 16.4. The SMILES string of the molecule is Cc1oc(-c2ccc3ccccc3c2)nc1CN1CC[C@H](O)[C@@H](O)C1. The number of aliphatic hydroxyl groups is 2. The Balaban J connectivity index is 1.57. The minimum Gasteiger partial charge on any atom is -0.441 e. The van der Waals surface area contributed by atoms with Crippen LogP contribution in [-0.2, 0) is 6.54 Å². The maximum absolute atomic E-state index is 9.84. The van der Waals surface area contributed by atoms with Gasteiger partial charge in [-0.15, -0.1) is 0 Å². The molecule has 0 saturated carbocycles. The zero-order valence-electron chi connectivity index (χ0n) is 14.2. The van der Waals surface area contributed by atoms with Crippen LogP contribution in [0.1, 0.15) is 17.9 Å². The monoisotopic (exact) mass is 338 g/mol. The molecule has 1 aliphatic rings. The van der Waals surface area contributed by atoms with Gasteiger partial charge < -0.3 is 14.6 Å². The molecule has 1 aromatic heterocycles. The fraction of sp³-hybridized carbons (Fsp3) is 0.350. The van der Waals surface area contributed by atoms with Crippen LogP contribution in [0.4, 0.5) is 0 Å². The number of aryl methyl sites for hydroxylation is 1. The molecule has 0 amide bonds. The summed E-state index contributed by atoms with van der Waals surface area (Å²) in [5, 5.41) is 21.8. The third kappa shape index (κ3) is 3.31. The van der Waals surface area contributed by atoms with E-state index in [2.05, 4.69) is 34.1 Å². The molecule has 1 aliphatic heterocycles. The Hall–Kier alpha value is -2.21. The Labute approximate surface area is 146 Å². The Morgan fingerprint density at radius 1 is 1.12 bits per heavy atom. The summed E-state index contributed by atoms with van der Waals surface area (Å²) in [4.78, 5) is 6.78. The normalized spacial score (nSPS) is 21.7. The van der Waals surface area contributed by atoms with Gasteiger partial charge in [0.25, 0.3) is 0 Å². The molecular weight excluding hydrogens is 316 g/mol. The largest absolute Gasteiger partial charge is 0.441 e. The number of benzene rings is 2. The molecule has 2 heterocycles. The number of aliphatic hydroxyl groups excluding tert-OH is 2. The standard InChI is InChI=1S/C20H22N2O3/c1-13-17(11-22-9-8-18(23)19(24)12-22)21-20(25-13)16-7-6-14-4-2-3-5-15(14)10-16/h2-7,10,18-19,23-24H,8-9,11-12H2,1H3/t18-,19-/m0/s1. The summed E-state index contributed by atoms with van der Waals surface area (Å²) in [6, 6.07) is 14.4. The van der Waals surface area contributed by atoms with E-state index < -0.39 is 12.2 Å². The van der Waals surface area contributed by atoms with E-state index in [4.69, 9.17) is 4.42 Å². The highest BCUT2D eigenvalue weighted by Crippen LogP contribution is 2.26. The summed E-state index contributed by atoms with van der Waals surface area (Å²) < 4.78 is 5.89. The first-order chi connectivity index (χ1) is 12.1. The number of nitrogens with zero attached hydrogens (tertiary/aromatic N) is 2. The average molecular weight is 338 g/mol. The molecule has 130 valence electrons. The maximum atomic E-state index is 9.84. The predicted molar refractivity (Wildman–Crippen MR) is 96.1 cm³/mol. The number of rotatable bonds is 3. The topological polar surface area (TPSA) is 69.7 Å². The van der Waals surface area contributed by atoms with Crippen LogP contribution in [-0.4, -0.2) is 45.4 Å². The smallest absolute Gasteiger partial charge is 0.226 e. The van der Waals surface area contributed by atoms with Crippen LogP contribution in [0.3, 0.4) is 0 Å². The van der Waals surface area contributed by atoms with Crippen molar-refractivity contribution in [2.75, 3.05) is 13.1 Å². The molecule has 1 fully saturated rings. The van der Waals surface area contributed by atoms with Crippen molar-refractivity contribution in [3.8, 4) is 11.5 Å². The van der Waals surface area contributed by atoms with Gasteiger partial charge in [0.05, 0.1) is 17.9 Å². The van der Waals surface area contributed by atoms with E-state index in [0.717, 1.165) is 28.9 Å². The fourth-order valence-electron chi connectivity index (χ4n) is 3.36. The summed E-state index contributed by atoms with van der Waals surface area (Å²) in [7, 11) is 0. The van der Waals surface area contributed by atoms with Crippen molar-refractivity contribution in [1.29, 1.82) is 0 Å². The number of hydrogen-bond donors (Lipinski definition) is 2. The Morgan fingerprint density at radius 3 is 2.72 bits per heavy atom. The fourth-order valence-corrected chi connectivity index (χ4v) is 3.36. The average Bonchev–Trinajstić information content (AvgIpc) is 2.98. The van der Waals surface area contributed by atoms with Gasteiger partial charge in [0.1, 0.15) is 5.76 Å². The molecule has 2 N–H and O–H groups in total. The van der Waals surface area contributed by atoms with E-state index in [0.29, 0.717) is 25.4 Å². The van der Waals surface area contributed by atoms with Crippen LogP contribution in [0, 0.1) is 6.92 Å². The van der Waals surface area contributed by atoms with Gasteiger partial charge in [-0.1, -0.05) is 30.3 Å². The zero-order valence-corrected chi connectivity index (χ0v) is 14.2. The van der Waals surface area contributed by atoms with Crippen LogP contribution in [0.5, 0.6) is 0 Å². The third-order valence-electron chi connectivity index (χ3n) is 4.89. The summed E-state index contributed by atoms with van der Waals surface area (Å²) in [6.45, 7) is 3.74. The van der Waals surface area contributed by atoms with Crippen LogP contribution in [0.15, 0.2) is 46.9 Å². The van der Waals surface area contributed by atoms with Crippen molar-refractivity contribution < 1.29 is 14.6 Å². The molecule has 0 radical (unpaired) electrons. The summed E-state index contributed by atoms with van der Waals surface area (Å²) in [6.07, 6.45) is -0.737. The predicted octanol–water partition coefficient (Wildman–Crippen LogP) is 2.73. The summed E-state index contributed by atoms with van der Waals surface area (Å²) >= 11 is 0. The summed E-state index contributed by atoms with van der Waals surface area (Å²) in [5.74, 6) is 1.42. The van der Waals surface area contributed by atoms with Gasteiger partial charge in [0, 0.05) is 25.2 Å². The number of hydrogen-bond acceptors (Lipinski definition) is 5. The molecule has 3 aromatic rings. The molecule has 5 nitrogen and oxygen atoms in total. The van der Waals surface area contributed by atoms with Gasteiger partial charge in [0.2, 0.25) is 5.89 Å². The van der Waals surface area contributed by atoms with Gasteiger partial charge in [-0.05, 0) is 36.2 Å². The molecule has 2 atom stereocenters. The molecule has 0 bridgehead atoms. The second kappa shape index (κ2) is 6.59. The lowest BCUT2D eigenvalue weighted by Gasteiger charge is -2.32. The number of fused-ring (bicyclic) bond motifs is 1. The highest BCUT2D eigenvalue weighted by Gasteiger charge is 2.27. The van der Waals surface area contributed by atoms with E-state index in [9.17, 15) is 10.2 Å². The summed E-state index contributed by atoms with van der Waals surface area (Å²) in [5.41, 5.74) is 1.84. The zero-order chi connectivity index (χ0) is 17.4. The lowest BCUT2D eigenvalue weighted by molar-refractivity contribution is -0.0406. The van der Waals surface area contributed by atoms with Crippen molar-refractivity contribution in [2.45, 2.75) is 32.1 Å². The minimum absolute atomic E-state index is 0.457. The first-order valence-corrected chi connectivity index (χ1v) is 8.64. The van der Waals surface area contributed by atoms with Gasteiger partial charge in [0.15, 0.2) is 0 Å². The van der Waals surface area contributed by atoms with Crippen LogP contribution in [0.2, 0.25) is 0 Å². The molecule has 25 heavy (non-hydrogen) atoms.